The van der Waals surface area contributed by atoms with Gasteiger partial charge in [-0.3, -0.25) is 14.0 Å². The minimum Gasteiger partial charge on any atom is -0.497 e. The molecule has 7 nitrogen and oxygen atoms in total. The van der Waals surface area contributed by atoms with E-state index in [1.165, 1.54) is 0 Å². The van der Waals surface area contributed by atoms with E-state index < -0.39 is 5.91 Å². The van der Waals surface area contributed by atoms with E-state index in [1.807, 2.05) is 42.3 Å². The number of likely N-dealkylation sites (tertiary alicyclic amines) is 1. The number of methoxy groups -OCH3 is 1. The fourth-order valence-electron chi connectivity index (χ4n) is 4.60. The third kappa shape index (κ3) is 3.03. The highest BCUT2D eigenvalue weighted by Crippen LogP contribution is 2.43. The minimum atomic E-state index is -0.610. The van der Waals surface area contributed by atoms with Gasteiger partial charge in [0.25, 0.3) is 5.91 Å². The molecule has 2 N–H and O–H groups in total. The number of nitrogens with zero attached hydrogens (tertiary/aromatic N) is 3. The van der Waals surface area contributed by atoms with E-state index in [0.29, 0.717) is 28.9 Å². The second-order valence-corrected chi connectivity index (χ2v) is 8.06. The Hall–Kier alpha value is -3.79. The molecule has 1 aliphatic carbocycles. The van der Waals surface area contributed by atoms with Crippen LogP contribution in [0.25, 0.3) is 16.8 Å². The monoisotopic (exact) mass is 414 g/mol. The lowest BCUT2D eigenvalue weighted by atomic mass is 9.75. The number of hydrogen-bond acceptors (Lipinski definition) is 4. The number of primary amides is 1. The molecule has 1 aliphatic heterocycles. The molecule has 1 saturated carbocycles. The van der Waals surface area contributed by atoms with Crippen LogP contribution in [0.4, 0.5) is 0 Å². The van der Waals surface area contributed by atoms with Crippen LogP contribution in [0.2, 0.25) is 0 Å². The summed E-state index contributed by atoms with van der Waals surface area (Å²) in [5, 5.41) is 0. The predicted molar refractivity (Wildman–Crippen MR) is 115 cm³/mol. The first-order chi connectivity index (χ1) is 15.0. The number of amides is 2. The number of rotatable bonds is 3. The number of imidazole rings is 1. The third-order valence-electron chi connectivity index (χ3n) is 6.41. The van der Waals surface area contributed by atoms with Gasteiger partial charge in [-0.05, 0) is 31.0 Å². The highest BCUT2D eigenvalue weighted by Gasteiger charge is 2.50. The normalized spacial score (nSPS) is 21.9. The van der Waals surface area contributed by atoms with Crippen LogP contribution in [0, 0.1) is 23.7 Å². The van der Waals surface area contributed by atoms with Crippen molar-refractivity contribution < 1.29 is 14.3 Å². The van der Waals surface area contributed by atoms with E-state index in [0.717, 1.165) is 24.0 Å². The summed E-state index contributed by atoms with van der Waals surface area (Å²) in [4.78, 5) is 30.7. The number of fused-ring (bicyclic) bond motifs is 2. The van der Waals surface area contributed by atoms with Gasteiger partial charge in [0.05, 0.1) is 18.3 Å². The van der Waals surface area contributed by atoms with Gasteiger partial charge in [0.2, 0.25) is 11.7 Å². The minimum absolute atomic E-state index is 0.120. The van der Waals surface area contributed by atoms with Crippen LogP contribution < -0.4 is 10.5 Å². The van der Waals surface area contributed by atoms with Crippen molar-refractivity contribution in [1.82, 2.24) is 14.3 Å². The number of carbonyl (C=O) groups is 2. The first-order valence-electron chi connectivity index (χ1n) is 10.2. The standard InChI is InChI=1S/C24H22N4O3/c1-27-19-9-8-17(19)18(24(27)30)7-6-14-4-3-5-15(12-14)21-20-13-16(31-2)10-11-28(20)23(26-21)22(25)29/h3-5,10-13,17-19H,8-9H2,1-2H3,(H2,25,29)/t17-,18?,19-/m0/s1. The quantitative estimate of drug-likeness (QED) is 0.666. The Morgan fingerprint density at radius 1 is 1.26 bits per heavy atom. The third-order valence-corrected chi connectivity index (χ3v) is 6.41. The molecule has 0 bridgehead atoms. The lowest BCUT2D eigenvalue weighted by Gasteiger charge is -2.34. The maximum Gasteiger partial charge on any atom is 0.285 e. The maximum absolute atomic E-state index is 12.5. The zero-order chi connectivity index (χ0) is 21.7. The van der Waals surface area contributed by atoms with Gasteiger partial charge in [-0.2, -0.15) is 0 Å². The molecule has 1 saturated heterocycles. The van der Waals surface area contributed by atoms with Crippen molar-refractivity contribution in [2.45, 2.75) is 18.9 Å². The first kappa shape index (κ1) is 19.2. The van der Waals surface area contributed by atoms with E-state index in [4.69, 9.17) is 10.5 Å². The molecule has 3 aromatic rings. The SMILES string of the molecule is COc1ccn2c(C(N)=O)nc(-c3cccc(C#CC4C(=O)N(C)[C@H]5CC[C@@H]45)c3)c2c1. The van der Waals surface area contributed by atoms with Gasteiger partial charge in [0.1, 0.15) is 11.7 Å². The average molecular weight is 414 g/mol. The molecule has 0 spiro atoms. The van der Waals surface area contributed by atoms with Crippen molar-refractivity contribution in [2.75, 3.05) is 14.2 Å². The summed E-state index contributed by atoms with van der Waals surface area (Å²) in [7, 11) is 3.46. The summed E-state index contributed by atoms with van der Waals surface area (Å²) in [5.41, 5.74) is 8.46. The fourth-order valence-corrected chi connectivity index (χ4v) is 4.60. The second kappa shape index (κ2) is 7.17. The van der Waals surface area contributed by atoms with Gasteiger partial charge in [0, 0.05) is 42.4 Å². The Labute approximate surface area is 179 Å². The lowest BCUT2D eigenvalue weighted by Crippen LogP contribution is -2.38. The zero-order valence-corrected chi connectivity index (χ0v) is 17.3. The van der Waals surface area contributed by atoms with Crippen LogP contribution >= 0.6 is 0 Å². The molecular weight excluding hydrogens is 392 g/mol. The molecule has 2 fully saturated rings. The van der Waals surface area contributed by atoms with Crippen LogP contribution in [0.1, 0.15) is 29.0 Å². The number of pyridine rings is 1. The molecule has 0 radical (unpaired) electrons. The summed E-state index contributed by atoms with van der Waals surface area (Å²) < 4.78 is 6.98. The largest absolute Gasteiger partial charge is 0.497 e. The van der Waals surface area contributed by atoms with Crippen molar-refractivity contribution in [3.63, 3.8) is 0 Å². The number of aromatic nitrogens is 2. The molecule has 2 aliphatic rings. The highest BCUT2D eigenvalue weighted by molar-refractivity contribution is 5.93. The van der Waals surface area contributed by atoms with Crippen LogP contribution in [0.15, 0.2) is 42.6 Å². The molecule has 2 amide bonds. The highest BCUT2D eigenvalue weighted by atomic mass is 16.5. The van der Waals surface area contributed by atoms with Gasteiger partial charge in [-0.15, -0.1) is 0 Å². The summed E-state index contributed by atoms with van der Waals surface area (Å²) in [6.07, 6.45) is 3.84. The summed E-state index contributed by atoms with van der Waals surface area (Å²) in [6, 6.07) is 11.5. The molecule has 3 heterocycles. The number of hydrogen-bond donors (Lipinski definition) is 1. The van der Waals surface area contributed by atoms with E-state index >= 15 is 0 Å². The van der Waals surface area contributed by atoms with Crippen molar-refractivity contribution in [2.24, 2.45) is 17.6 Å². The molecule has 5 rings (SSSR count). The number of nitrogens with two attached hydrogens (primary N) is 1. The Bertz CT molecular complexity index is 1280. The van der Waals surface area contributed by atoms with Crippen LogP contribution in [-0.4, -0.2) is 46.3 Å². The number of ether oxygens (including phenoxy) is 1. The van der Waals surface area contributed by atoms with E-state index in [-0.39, 0.29) is 17.6 Å². The van der Waals surface area contributed by atoms with Crippen molar-refractivity contribution in [3.05, 3.63) is 54.0 Å². The lowest BCUT2D eigenvalue weighted by molar-refractivity contribution is -0.129. The van der Waals surface area contributed by atoms with Gasteiger partial charge >= 0.3 is 0 Å². The summed E-state index contributed by atoms with van der Waals surface area (Å²) >= 11 is 0. The fraction of sp³-hybridized carbons (Fsp3) is 0.292. The Kier molecular flexibility index (Phi) is 4.44. The molecule has 1 unspecified atom stereocenters. The number of benzene rings is 1. The molecule has 7 heteroatoms. The summed E-state index contributed by atoms with van der Waals surface area (Å²) in [6.45, 7) is 0. The Balaban J connectivity index is 1.54. The topological polar surface area (TPSA) is 89.9 Å². The van der Waals surface area contributed by atoms with Gasteiger partial charge in [0.15, 0.2) is 0 Å². The van der Waals surface area contributed by atoms with Gasteiger partial charge < -0.3 is 15.4 Å². The maximum atomic E-state index is 12.5. The average Bonchev–Trinajstić information content (AvgIpc) is 3.20. The molecule has 3 atom stereocenters. The molecule has 2 aromatic heterocycles. The Morgan fingerprint density at radius 2 is 2.10 bits per heavy atom. The van der Waals surface area contributed by atoms with Crippen molar-refractivity contribution in [3.8, 4) is 28.8 Å². The molecule has 31 heavy (non-hydrogen) atoms. The molecule has 1 aromatic carbocycles. The second-order valence-electron chi connectivity index (χ2n) is 8.06. The number of carbonyl (C=O) groups excluding carboxylic acids is 2. The Morgan fingerprint density at radius 3 is 2.77 bits per heavy atom. The smallest absolute Gasteiger partial charge is 0.285 e. The summed E-state index contributed by atoms with van der Waals surface area (Å²) in [5.74, 6) is 6.82. The van der Waals surface area contributed by atoms with E-state index in [9.17, 15) is 9.59 Å². The van der Waals surface area contributed by atoms with Gasteiger partial charge in [-0.25, -0.2) is 4.98 Å². The van der Waals surface area contributed by atoms with Crippen molar-refractivity contribution >= 4 is 17.3 Å². The van der Waals surface area contributed by atoms with Crippen LogP contribution in [-0.2, 0) is 4.79 Å². The van der Waals surface area contributed by atoms with Crippen LogP contribution in [0.5, 0.6) is 5.75 Å². The molecule has 156 valence electrons. The van der Waals surface area contributed by atoms with Crippen LogP contribution in [0.3, 0.4) is 0 Å². The van der Waals surface area contributed by atoms with Crippen molar-refractivity contribution in [1.29, 1.82) is 0 Å². The van der Waals surface area contributed by atoms with E-state index in [1.54, 1.807) is 23.8 Å². The first-order valence-corrected chi connectivity index (χ1v) is 10.2. The predicted octanol–water partition coefficient (Wildman–Crippen LogP) is 2.33. The zero-order valence-electron chi connectivity index (χ0n) is 17.3. The van der Waals surface area contributed by atoms with E-state index in [2.05, 4.69) is 16.8 Å². The van der Waals surface area contributed by atoms with Gasteiger partial charge in [-0.1, -0.05) is 24.0 Å². The molecular formula is C24H22N4O3.